The van der Waals surface area contributed by atoms with Gasteiger partial charge in [0.15, 0.2) is 0 Å². The number of hydrogen-bond acceptors (Lipinski definition) is 3. The smallest absolute Gasteiger partial charge is 0.410 e. The van der Waals surface area contributed by atoms with Crippen LogP contribution in [-0.4, -0.2) is 13.1 Å². The molecule has 0 aliphatic heterocycles. The number of carbonyl (C=O) groups excluding carboxylic acids is 1. The van der Waals surface area contributed by atoms with Crippen molar-refractivity contribution in [3.05, 3.63) is 23.3 Å². The molecule has 1 aromatic carbocycles. The van der Waals surface area contributed by atoms with Gasteiger partial charge in [-0.1, -0.05) is 0 Å². The fourth-order valence-electron chi connectivity index (χ4n) is 2.11. The van der Waals surface area contributed by atoms with Crippen molar-refractivity contribution in [3.8, 4) is 5.75 Å². The Morgan fingerprint density at radius 1 is 1.31 bits per heavy atom. The summed E-state index contributed by atoms with van der Waals surface area (Å²) in [6.07, 6.45) is 3.76. The molecule has 86 valence electrons. The Morgan fingerprint density at radius 3 is 2.69 bits per heavy atom. The van der Waals surface area contributed by atoms with Gasteiger partial charge < -0.3 is 15.8 Å². The lowest BCUT2D eigenvalue weighted by molar-refractivity contribution is 0.202. The molecule has 0 aromatic heterocycles. The number of carbonyl (C=O) groups is 1. The molecule has 0 fully saturated rings. The number of amides is 1. The first-order valence-corrected chi connectivity index (χ1v) is 5.52. The predicted octanol–water partition coefficient (Wildman–Crippen LogP) is 1.87. The number of fused-ring (bicyclic) bond motifs is 1. The van der Waals surface area contributed by atoms with E-state index >= 15 is 0 Å². The van der Waals surface area contributed by atoms with Crippen LogP contribution in [0.3, 0.4) is 0 Å². The molecule has 1 aliphatic carbocycles. The fraction of sp³-hybridized carbons (Fsp3) is 0.417. The molecular formula is C12H16N2O2. The van der Waals surface area contributed by atoms with E-state index in [0.717, 1.165) is 42.5 Å². The van der Waals surface area contributed by atoms with E-state index in [1.54, 1.807) is 13.1 Å². The first-order chi connectivity index (χ1) is 7.72. The third kappa shape index (κ3) is 1.96. The molecule has 0 unspecified atom stereocenters. The van der Waals surface area contributed by atoms with Crippen LogP contribution in [-0.2, 0) is 12.8 Å². The minimum absolute atomic E-state index is 0.433. The summed E-state index contributed by atoms with van der Waals surface area (Å²) in [6.45, 7) is 0. The van der Waals surface area contributed by atoms with Crippen LogP contribution in [0.1, 0.15) is 24.0 Å². The second kappa shape index (κ2) is 4.43. The summed E-state index contributed by atoms with van der Waals surface area (Å²) in [7, 11) is 1.55. The Bertz CT molecular complexity index is 416. The van der Waals surface area contributed by atoms with E-state index in [-0.39, 0.29) is 0 Å². The number of nitrogens with one attached hydrogen (secondary N) is 1. The lowest BCUT2D eigenvalue weighted by atomic mass is 9.90. The molecule has 1 aliphatic rings. The highest BCUT2D eigenvalue weighted by molar-refractivity contribution is 5.71. The van der Waals surface area contributed by atoms with Crippen LogP contribution in [0.2, 0.25) is 0 Å². The highest BCUT2D eigenvalue weighted by Crippen LogP contribution is 2.33. The number of nitrogen functional groups attached to an aromatic ring is 1. The average molecular weight is 220 g/mol. The zero-order valence-electron chi connectivity index (χ0n) is 9.38. The average Bonchev–Trinajstić information content (AvgIpc) is 2.33. The van der Waals surface area contributed by atoms with E-state index in [2.05, 4.69) is 5.32 Å². The molecule has 4 nitrogen and oxygen atoms in total. The normalized spacial score (nSPS) is 14.1. The molecule has 4 heteroatoms. The zero-order valence-corrected chi connectivity index (χ0v) is 9.38. The van der Waals surface area contributed by atoms with Crippen LogP contribution in [0.4, 0.5) is 10.5 Å². The number of rotatable bonds is 1. The Labute approximate surface area is 94.8 Å². The van der Waals surface area contributed by atoms with Crippen molar-refractivity contribution in [1.29, 1.82) is 0 Å². The molecule has 1 amide bonds. The second-order valence-corrected chi connectivity index (χ2v) is 3.96. The van der Waals surface area contributed by atoms with Gasteiger partial charge in [0.05, 0.1) is 0 Å². The first kappa shape index (κ1) is 10.8. The summed E-state index contributed by atoms with van der Waals surface area (Å²) in [5, 5.41) is 2.44. The molecule has 0 saturated carbocycles. The Kier molecular flexibility index (Phi) is 2.99. The van der Waals surface area contributed by atoms with Crippen LogP contribution in [0.25, 0.3) is 0 Å². The van der Waals surface area contributed by atoms with Crippen LogP contribution in [0.5, 0.6) is 5.75 Å². The summed E-state index contributed by atoms with van der Waals surface area (Å²) >= 11 is 0. The fourth-order valence-corrected chi connectivity index (χ4v) is 2.11. The molecular weight excluding hydrogens is 204 g/mol. The van der Waals surface area contributed by atoms with E-state index < -0.39 is 6.09 Å². The van der Waals surface area contributed by atoms with Crippen molar-refractivity contribution in [1.82, 2.24) is 5.32 Å². The lowest BCUT2D eigenvalue weighted by Gasteiger charge is -2.20. The number of ether oxygens (including phenoxy) is 1. The highest BCUT2D eigenvalue weighted by Gasteiger charge is 2.17. The van der Waals surface area contributed by atoms with Gasteiger partial charge in [0.25, 0.3) is 0 Å². The molecule has 3 N–H and O–H groups in total. The standard InChI is InChI=1S/C12H16N2O2/c1-14-12(15)16-11-7-6-10(13)8-4-2-3-5-9(8)11/h6-7H,2-5,13H2,1H3,(H,14,15). The molecule has 1 aromatic rings. The summed E-state index contributed by atoms with van der Waals surface area (Å²) in [4.78, 5) is 11.2. The van der Waals surface area contributed by atoms with Crippen molar-refractivity contribution in [2.45, 2.75) is 25.7 Å². The molecule has 0 radical (unpaired) electrons. The number of anilines is 1. The van der Waals surface area contributed by atoms with Gasteiger partial charge in [-0.05, 0) is 43.4 Å². The minimum atomic E-state index is -0.433. The number of nitrogens with two attached hydrogens (primary N) is 1. The van der Waals surface area contributed by atoms with Gasteiger partial charge in [0.1, 0.15) is 5.75 Å². The van der Waals surface area contributed by atoms with Crippen molar-refractivity contribution in [2.24, 2.45) is 0 Å². The van der Waals surface area contributed by atoms with Crippen molar-refractivity contribution in [3.63, 3.8) is 0 Å². The van der Waals surface area contributed by atoms with Crippen molar-refractivity contribution in [2.75, 3.05) is 12.8 Å². The van der Waals surface area contributed by atoms with E-state index in [1.807, 2.05) is 6.07 Å². The number of hydrogen-bond donors (Lipinski definition) is 2. The Balaban J connectivity index is 2.35. The molecule has 2 rings (SSSR count). The van der Waals surface area contributed by atoms with Crippen LogP contribution >= 0.6 is 0 Å². The van der Waals surface area contributed by atoms with Gasteiger partial charge >= 0.3 is 6.09 Å². The summed E-state index contributed by atoms with van der Waals surface area (Å²) in [6, 6.07) is 3.58. The maximum atomic E-state index is 11.2. The van der Waals surface area contributed by atoms with E-state index in [1.165, 1.54) is 0 Å². The van der Waals surface area contributed by atoms with Gasteiger partial charge in [0.2, 0.25) is 0 Å². The van der Waals surface area contributed by atoms with Crippen LogP contribution < -0.4 is 15.8 Å². The summed E-state index contributed by atoms with van der Waals surface area (Å²) in [5.41, 5.74) is 8.96. The van der Waals surface area contributed by atoms with Crippen molar-refractivity contribution < 1.29 is 9.53 Å². The first-order valence-electron chi connectivity index (χ1n) is 5.52. The third-order valence-corrected chi connectivity index (χ3v) is 2.93. The molecule has 0 spiro atoms. The van der Waals surface area contributed by atoms with Gasteiger partial charge in [-0.15, -0.1) is 0 Å². The maximum absolute atomic E-state index is 11.2. The molecule has 16 heavy (non-hydrogen) atoms. The second-order valence-electron chi connectivity index (χ2n) is 3.96. The zero-order chi connectivity index (χ0) is 11.5. The molecule has 0 atom stereocenters. The topological polar surface area (TPSA) is 64.3 Å². The van der Waals surface area contributed by atoms with Crippen molar-refractivity contribution >= 4 is 11.8 Å². The summed E-state index contributed by atoms with van der Waals surface area (Å²) in [5.74, 6) is 0.642. The predicted molar refractivity (Wildman–Crippen MR) is 62.6 cm³/mol. The van der Waals surface area contributed by atoms with Crippen LogP contribution in [0.15, 0.2) is 12.1 Å². The van der Waals surface area contributed by atoms with E-state index in [9.17, 15) is 4.79 Å². The molecule has 0 heterocycles. The quantitative estimate of drug-likeness (QED) is 0.710. The molecule has 0 saturated heterocycles. The Hall–Kier alpha value is -1.71. The van der Waals surface area contributed by atoms with Gasteiger partial charge in [-0.2, -0.15) is 0 Å². The largest absolute Gasteiger partial charge is 0.412 e. The maximum Gasteiger partial charge on any atom is 0.412 e. The van der Waals surface area contributed by atoms with Gasteiger partial charge in [0, 0.05) is 18.3 Å². The monoisotopic (exact) mass is 220 g/mol. The SMILES string of the molecule is CNC(=O)Oc1ccc(N)c2c1CCCC2. The van der Waals surface area contributed by atoms with E-state index in [4.69, 9.17) is 10.5 Å². The minimum Gasteiger partial charge on any atom is -0.410 e. The Morgan fingerprint density at radius 2 is 2.00 bits per heavy atom. The summed E-state index contributed by atoms with van der Waals surface area (Å²) < 4.78 is 5.21. The lowest BCUT2D eigenvalue weighted by Crippen LogP contribution is -2.23. The van der Waals surface area contributed by atoms with Gasteiger partial charge in [-0.3, -0.25) is 0 Å². The van der Waals surface area contributed by atoms with Crippen LogP contribution in [0, 0.1) is 0 Å². The molecule has 0 bridgehead atoms. The van der Waals surface area contributed by atoms with Gasteiger partial charge in [-0.25, -0.2) is 4.79 Å². The highest BCUT2D eigenvalue weighted by atomic mass is 16.6. The third-order valence-electron chi connectivity index (χ3n) is 2.93. The number of benzene rings is 1. The van der Waals surface area contributed by atoms with E-state index in [0.29, 0.717) is 5.75 Å².